The van der Waals surface area contributed by atoms with Crippen molar-refractivity contribution in [2.24, 2.45) is 11.8 Å². The summed E-state index contributed by atoms with van der Waals surface area (Å²) in [4.78, 5) is 0. The maximum absolute atomic E-state index is 11.6. The summed E-state index contributed by atoms with van der Waals surface area (Å²) >= 11 is 2.21. The Morgan fingerprint density at radius 2 is 1.71 bits per heavy atom. The van der Waals surface area contributed by atoms with Crippen molar-refractivity contribution in [3.63, 3.8) is 0 Å². The van der Waals surface area contributed by atoms with E-state index in [-0.39, 0.29) is 17.7 Å². The normalized spacial score (nSPS) is 15.1. The van der Waals surface area contributed by atoms with E-state index >= 15 is 0 Å². The SMILES string of the molecule is CC(C)CS(=O)(=O)NC(CI)C(C)C. The molecule has 0 aliphatic rings. The lowest BCUT2D eigenvalue weighted by atomic mass is 10.1. The minimum Gasteiger partial charge on any atom is -0.212 e. The highest BCUT2D eigenvalue weighted by atomic mass is 127. The van der Waals surface area contributed by atoms with Gasteiger partial charge in [0.25, 0.3) is 0 Å². The second-order valence-corrected chi connectivity index (χ2v) is 6.98. The van der Waals surface area contributed by atoms with Crippen LogP contribution in [0.4, 0.5) is 0 Å². The van der Waals surface area contributed by atoms with E-state index in [2.05, 4.69) is 27.3 Å². The van der Waals surface area contributed by atoms with Crippen molar-refractivity contribution in [2.45, 2.75) is 33.7 Å². The van der Waals surface area contributed by atoms with Crippen molar-refractivity contribution in [3.05, 3.63) is 0 Å². The Morgan fingerprint density at radius 3 is 2.00 bits per heavy atom. The summed E-state index contributed by atoms with van der Waals surface area (Å²) in [6.07, 6.45) is 0. The molecule has 0 heterocycles. The number of hydrogen-bond donors (Lipinski definition) is 1. The second-order valence-electron chi connectivity index (χ2n) is 4.30. The van der Waals surface area contributed by atoms with E-state index in [1.54, 1.807) is 0 Å². The molecule has 86 valence electrons. The largest absolute Gasteiger partial charge is 0.212 e. The van der Waals surface area contributed by atoms with Crippen LogP contribution in [0.15, 0.2) is 0 Å². The molecule has 0 amide bonds. The molecular formula is C9H20INO2S. The van der Waals surface area contributed by atoms with E-state index in [0.29, 0.717) is 5.92 Å². The van der Waals surface area contributed by atoms with Crippen LogP contribution in [-0.4, -0.2) is 24.6 Å². The van der Waals surface area contributed by atoms with Crippen molar-refractivity contribution in [1.29, 1.82) is 0 Å². The van der Waals surface area contributed by atoms with Gasteiger partial charge in [-0.2, -0.15) is 0 Å². The first kappa shape index (κ1) is 14.6. The van der Waals surface area contributed by atoms with Crippen LogP contribution < -0.4 is 4.72 Å². The zero-order valence-electron chi connectivity index (χ0n) is 9.25. The van der Waals surface area contributed by atoms with E-state index in [1.807, 2.05) is 27.7 Å². The van der Waals surface area contributed by atoms with Crippen LogP contribution >= 0.6 is 22.6 Å². The lowest BCUT2D eigenvalue weighted by Gasteiger charge is -2.20. The molecule has 0 saturated carbocycles. The highest BCUT2D eigenvalue weighted by Gasteiger charge is 2.20. The first-order chi connectivity index (χ1) is 6.28. The maximum atomic E-state index is 11.6. The van der Waals surface area contributed by atoms with Gasteiger partial charge in [0.15, 0.2) is 0 Å². The molecule has 0 fully saturated rings. The van der Waals surface area contributed by atoms with E-state index < -0.39 is 10.0 Å². The van der Waals surface area contributed by atoms with Gasteiger partial charge in [-0.25, -0.2) is 13.1 Å². The summed E-state index contributed by atoms with van der Waals surface area (Å²) in [6.45, 7) is 7.88. The molecule has 0 saturated heterocycles. The van der Waals surface area contributed by atoms with Gasteiger partial charge in [-0.15, -0.1) is 0 Å². The molecule has 14 heavy (non-hydrogen) atoms. The number of alkyl halides is 1. The Labute approximate surface area is 101 Å². The fourth-order valence-corrected chi connectivity index (χ4v) is 4.39. The molecule has 0 rings (SSSR count). The van der Waals surface area contributed by atoms with Crippen LogP contribution in [0, 0.1) is 11.8 Å². The smallest absolute Gasteiger partial charge is 0.212 e. The molecule has 0 aliphatic carbocycles. The average molecular weight is 333 g/mol. The first-order valence-electron chi connectivity index (χ1n) is 4.84. The lowest BCUT2D eigenvalue weighted by Crippen LogP contribution is -2.41. The number of nitrogens with one attached hydrogen (secondary N) is 1. The minimum absolute atomic E-state index is 0.0550. The van der Waals surface area contributed by atoms with Gasteiger partial charge in [0, 0.05) is 10.5 Å². The molecule has 0 aromatic carbocycles. The Hall–Kier alpha value is 0.640. The van der Waals surface area contributed by atoms with Gasteiger partial charge < -0.3 is 0 Å². The van der Waals surface area contributed by atoms with Gasteiger partial charge in [0.1, 0.15) is 0 Å². The molecular weight excluding hydrogens is 313 g/mol. The average Bonchev–Trinajstić information content (AvgIpc) is 1.97. The monoisotopic (exact) mass is 333 g/mol. The summed E-state index contributed by atoms with van der Waals surface area (Å²) in [6, 6.07) is 0.0550. The Balaban J connectivity index is 4.33. The maximum Gasteiger partial charge on any atom is 0.212 e. The fourth-order valence-electron chi connectivity index (χ4n) is 1.06. The van der Waals surface area contributed by atoms with Crippen LogP contribution in [-0.2, 0) is 10.0 Å². The third kappa shape index (κ3) is 6.19. The number of hydrogen-bond acceptors (Lipinski definition) is 2. The second kappa shape index (κ2) is 6.27. The van der Waals surface area contributed by atoms with Crippen molar-refractivity contribution in [1.82, 2.24) is 4.72 Å². The van der Waals surface area contributed by atoms with Gasteiger partial charge in [-0.3, -0.25) is 0 Å². The molecule has 5 heteroatoms. The quantitative estimate of drug-likeness (QED) is 0.597. The van der Waals surface area contributed by atoms with Gasteiger partial charge in [-0.05, 0) is 11.8 Å². The molecule has 0 spiro atoms. The van der Waals surface area contributed by atoms with E-state index in [0.717, 1.165) is 4.43 Å². The summed E-state index contributed by atoms with van der Waals surface area (Å²) in [5.41, 5.74) is 0. The molecule has 0 aliphatic heterocycles. The van der Waals surface area contributed by atoms with Gasteiger partial charge in [0.05, 0.1) is 5.75 Å². The summed E-state index contributed by atoms with van der Waals surface area (Å²) < 4.78 is 26.8. The predicted octanol–water partition coefficient (Wildman–Crippen LogP) is 2.02. The summed E-state index contributed by atoms with van der Waals surface area (Å²) in [5, 5.41) is 0. The third-order valence-electron chi connectivity index (χ3n) is 1.85. The van der Waals surface area contributed by atoms with E-state index in [1.165, 1.54) is 0 Å². The highest BCUT2D eigenvalue weighted by molar-refractivity contribution is 14.1. The van der Waals surface area contributed by atoms with Crippen molar-refractivity contribution in [2.75, 3.05) is 10.2 Å². The molecule has 1 unspecified atom stereocenters. The van der Waals surface area contributed by atoms with Crippen LogP contribution in [0.3, 0.4) is 0 Å². The number of rotatable bonds is 6. The number of sulfonamides is 1. The molecule has 1 N–H and O–H groups in total. The molecule has 0 bridgehead atoms. The minimum atomic E-state index is -3.09. The Morgan fingerprint density at radius 1 is 1.21 bits per heavy atom. The Bertz CT molecular complexity index is 250. The van der Waals surface area contributed by atoms with Gasteiger partial charge in [0.2, 0.25) is 10.0 Å². The summed E-state index contributed by atoms with van der Waals surface area (Å²) in [7, 11) is -3.09. The molecule has 3 nitrogen and oxygen atoms in total. The molecule has 0 aromatic heterocycles. The van der Waals surface area contributed by atoms with Crippen molar-refractivity contribution in [3.8, 4) is 0 Å². The van der Waals surface area contributed by atoms with E-state index in [9.17, 15) is 8.42 Å². The zero-order chi connectivity index (χ0) is 11.4. The molecule has 0 radical (unpaired) electrons. The lowest BCUT2D eigenvalue weighted by molar-refractivity contribution is 0.482. The molecule has 0 aromatic rings. The van der Waals surface area contributed by atoms with Gasteiger partial charge >= 0.3 is 0 Å². The van der Waals surface area contributed by atoms with Crippen LogP contribution in [0.2, 0.25) is 0 Å². The third-order valence-corrected chi connectivity index (χ3v) is 4.57. The van der Waals surface area contributed by atoms with E-state index in [4.69, 9.17) is 0 Å². The number of halogens is 1. The Kier molecular flexibility index (Phi) is 6.56. The topological polar surface area (TPSA) is 46.2 Å². The van der Waals surface area contributed by atoms with Gasteiger partial charge in [-0.1, -0.05) is 50.3 Å². The van der Waals surface area contributed by atoms with Crippen molar-refractivity contribution < 1.29 is 8.42 Å². The predicted molar refractivity (Wildman–Crippen MR) is 69.3 cm³/mol. The van der Waals surface area contributed by atoms with Crippen molar-refractivity contribution >= 4 is 32.6 Å². The standard InChI is InChI=1S/C9H20INO2S/c1-7(2)6-14(12,13)11-9(5-10)8(3)4/h7-9,11H,5-6H2,1-4H3. The fraction of sp³-hybridized carbons (Fsp3) is 1.00. The zero-order valence-corrected chi connectivity index (χ0v) is 12.2. The van der Waals surface area contributed by atoms with Crippen LogP contribution in [0.1, 0.15) is 27.7 Å². The van der Waals surface area contributed by atoms with Crippen LogP contribution in [0.25, 0.3) is 0 Å². The highest BCUT2D eigenvalue weighted by Crippen LogP contribution is 2.08. The molecule has 1 atom stereocenters. The first-order valence-corrected chi connectivity index (χ1v) is 8.02. The van der Waals surface area contributed by atoms with Crippen LogP contribution in [0.5, 0.6) is 0 Å². The summed E-state index contributed by atoms with van der Waals surface area (Å²) in [5.74, 6) is 0.732.